The average molecular weight is 508 g/mol. The lowest BCUT2D eigenvalue weighted by atomic mass is 9.94. The third-order valence-electron chi connectivity index (χ3n) is 6.63. The Balaban J connectivity index is 1.80. The molecule has 1 unspecified atom stereocenters. The molecule has 2 heterocycles. The lowest BCUT2D eigenvalue weighted by Crippen LogP contribution is -2.35. The summed E-state index contributed by atoms with van der Waals surface area (Å²) in [5, 5.41) is 11.5. The SMILES string of the molecule is COc1cccc(OC)c1-n1c(COC(C)C)nc(=O)c(C(=O)N2CCC(c3ccccc3C)C2)c1O. The van der Waals surface area contributed by atoms with Crippen LogP contribution in [0.25, 0.3) is 5.69 Å². The van der Waals surface area contributed by atoms with Crippen molar-refractivity contribution in [2.24, 2.45) is 0 Å². The van der Waals surface area contributed by atoms with E-state index in [-0.39, 0.29) is 24.5 Å². The van der Waals surface area contributed by atoms with Crippen LogP contribution in [-0.2, 0) is 11.3 Å². The Morgan fingerprint density at radius 2 is 1.78 bits per heavy atom. The predicted molar refractivity (Wildman–Crippen MR) is 139 cm³/mol. The van der Waals surface area contributed by atoms with Crippen LogP contribution in [0.4, 0.5) is 0 Å². The average Bonchev–Trinajstić information content (AvgIpc) is 3.37. The van der Waals surface area contributed by atoms with Gasteiger partial charge in [-0.1, -0.05) is 30.3 Å². The van der Waals surface area contributed by atoms with Gasteiger partial charge in [0.25, 0.3) is 11.5 Å². The number of aromatic nitrogens is 2. The molecule has 196 valence electrons. The predicted octanol–water partition coefficient (Wildman–Crippen LogP) is 3.82. The molecular formula is C28H33N3O6. The lowest BCUT2D eigenvalue weighted by Gasteiger charge is -2.23. The maximum absolute atomic E-state index is 13.6. The maximum atomic E-state index is 13.6. The summed E-state index contributed by atoms with van der Waals surface area (Å²) in [4.78, 5) is 32.6. The number of para-hydroxylation sites is 1. The molecule has 37 heavy (non-hydrogen) atoms. The number of methoxy groups -OCH3 is 2. The molecule has 1 aliphatic rings. The van der Waals surface area contributed by atoms with Crippen LogP contribution in [0.5, 0.6) is 17.4 Å². The van der Waals surface area contributed by atoms with Crippen LogP contribution in [0.1, 0.15) is 53.5 Å². The number of hydrogen-bond acceptors (Lipinski definition) is 7. The third-order valence-corrected chi connectivity index (χ3v) is 6.63. The smallest absolute Gasteiger partial charge is 0.289 e. The summed E-state index contributed by atoms with van der Waals surface area (Å²) in [5.74, 6) is -0.0973. The van der Waals surface area contributed by atoms with Crippen molar-refractivity contribution in [3.8, 4) is 23.1 Å². The standard InChI is InChI=1S/C28H33N3O6/c1-17(2)37-16-23-29-26(32)24(28(34)31(23)25-21(35-4)11-8-12-22(25)36-5)27(33)30-14-13-19(15-30)20-10-7-6-9-18(20)3/h6-12,17,19,34H,13-16H2,1-5H3. The molecule has 0 bridgehead atoms. The van der Waals surface area contributed by atoms with Crippen LogP contribution >= 0.6 is 0 Å². The van der Waals surface area contributed by atoms with Gasteiger partial charge in [-0.05, 0) is 50.5 Å². The molecule has 9 heteroatoms. The fourth-order valence-electron chi connectivity index (χ4n) is 4.77. The first-order valence-corrected chi connectivity index (χ1v) is 12.3. The number of aryl methyl sites for hydroxylation is 1. The summed E-state index contributed by atoms with van der Waals surface area (Å²) in [5.41, 5.74) is 1.44. The van der Waals surface area contributed by atoms with Gasteiger partial charge in [0.05, 0.1) is 20.3 Å². The number of rotatable bonds is 8. The first-order chi connectivity index (χ1) is 17.8. The van der Waals surface area contributed by atoms with Crippen molar-refractivity contribution < 1.29 is 24.1 Å². The number of carbonyl (C=O) groups is 1. The first-order valence-electron chi connectivity index (χ1n) is 12.3. The van der Waals surface area contributed by atoms with Crippen LogP contribution in [0.3, 0.4) is 0 Å². The molecular weight excluding hydrogens is 474 g/mol. The number of carbonyl (C=O) groups excluding carboxylic acids is 1. The summed E-state index contributed by atoms with van der Waals surface area (Å²) in [6, 6.07) is 13.2. The van der Waals surface area contributed by atoms with Crippen molar-refractivity contribution in [3.63, 3.8) is 0 Å². The fourth-order valence-corrected chi connectivity index (χ4v) is 4.77. The summed E-state index contributed by atoms with van der Waals surface area (Å²) in [7, 11) is 2.97. The molecule has 0 spiro atoms. The Hall–Kier alpha value is -3.85. The zero-order chi connectivity index (χ0) is 26.7. The molecule has 3 aromatic rings. The van der Waals surface area contributed by atoms with E-state index in [1.807, 2.05) is 39.0 Å². The minimum Gasteiger partial charge on any atom is -0.494 e. The van der Waals surface area contributed by atoms with Crippen LogP contribution in [0, 0.1) is 6.92 Å². The molecule has 1 aliphatic heterocycles. The Morgan fingerprint density at radius 1 is 1.11 bits per heavy atom. The summed E-state index contributed by atoms with van der Waals surface area (Å²) in [6.07, 6.45) is 0.607. The Kier molecular flexibility index (Phi) is 7.83. The van der Waals surface area contributed by atoms with Gasteiger partial charge >= 0.3 is 0 Å². The van der Waals surface area contributed by atoms with Gasteiger partial charge in [-0.15, -0.1) is 0 Å². The van der Waals surface area contributed by atoms with Gasteiger partial charge in [0.1, 0.15) is 29.6 Å². The number of aromatic hydroxyl groups is 1. The normalized spacial score (nSPS) is 15.3. The Morgan fingerprint density at radius 3 is 2.41 bits per heavy atom. The zero-order valence-electron chi connectivity index (χ0n) is 21.9. The second kappa shape index (κ2) is 11.0. The minimum absolute atomic E-state index is 0.0742. The van der Waals surface area contributed by atoms with Gasteiger partial charge in [-0.2, -0.15) is 4.98 Å². The summed E-state index contributed by atoms with van der Waals surface area (Å²) >= 11 is 0. The lowest BCUT2D eigenvalue weighted by molar-refractivity contribution is 0.0590. The van der Waals surface area contributed by atoms with Gasteiger partial charge in [0.15, 0.2) is 5.56 Å². The van der Waals surface area contributed by atoms with Crippen LogP contribution < -0.4 is 15.0 Å². The third kappa shape index (κ3) is 5.17. The van der Waals surface area contributed by atoms with Crippen LogP contribution in [-0.4, -0.2) is 58.9 Å². The summed E-state index contributed by atoms with van der Waals surface area (Å²) < 4.78 is 18.1. The van der Waals surface area contributed by atoms with E-state index < -0.39 is 22.9 Å². The van der Waals surface area contributed by atoms with E-state index in [4.69, 9.17) is 14.2 Å². The van der Waals surface area contributed by atoms with Crippen molar-refractivity contribution in [1.82, 2.24) is 14.5 Å². The molecule has 1 N–H and O–H groups in total. The van der Waals surface area contributed by atoms with Crippen LogP contribution in [0.15, 0.2) is 47.3 Å². The van der Waals surface area contributed by atoms with E-state index >= 15 is 0 Å². The molecule has 0 saturated carbocycles. The number of ether oxygens (including phenoxy) is 3. The van der Waals surface area contributed by atoms with E-state index in [9.17, 15) is 14.7 Å². The topological polar surface area (TPSA) is 103 Å². The van der Waals surface area contributed by atoms with Crippen molar-refractivity contribution in [2.45, 2.75) is 45.8 Å². The number of nitrogens with zero attached hydrogens (tertiary/aromatic N) is 3. The quantitative estimate of drug-likeness (QED) is 0.494. The van der Waals surface area contributed by atoms with Gasteiger partial charge < -0.3 is 24.2 Å². The zero-order valence-corrected chi connectivity index (χ0v) is 21.9. The number of hydrogen-bond donors (Lipinski definition) is 1. The highest BCUT2D eigenvalue weighted by atomic mass is 16.5. The second-order valence-corrected chi connectivity index (χ2v) is 9.33. The van der Waals surface area contributed by atoms with E-state index in [0.29, 0.717) is 30.3 Å². The molecule has 1 fully saturated rings. The minimum atomic E-state index is -0.811. The van der Waals surface area contributed by atoms with Crippen molar-refractivity contribution in [2.75, 3.05) is 27.3 Å². The maximum Gasteiger partial charge on any atom is 0.289 e. The van der Waals surface area contributed by atoms with Gasteiger partial charge in [0.2, 0.25) is 5.88 Å². The largest absolute Gasteiger partial charge is 0.494 e. The second-order valence-electron chi connectivity index (χ2n) is 9.33. The molecule has 0 aliphatic carbocycles. The fraction of sp³-hybridized carbons (Fsp3) is 0.393. The van der Waals surface area contributed by atoms with Crippen LogP contribution in [0.2, 0.25) is 0 Å². The highest BCUT2D eigenvalue weighted by molar-refractivity contribution is 5.96. The monoisotopic (exact) mass is 507 g/mol. The number of likely N-dealkylation sites (tertiary alicyclic amines) is 1. The molecule has 1 amide bonds. The molecule has 9 nitrogen and oxygen atoms in total. The van der Waals surface area contributed by atoms with E-state index in [1.54, 1.807) is 23.1 Å². The number of benzene rings is 2. The summed E-state index contributed by atoms with van der Waals surface area (Å²) in [6.45, 7) is 6.58. The van der Waals surface area contributed by atoms with Gasteiger partial charge in [-0.3, -0.25) is 14.2 Å². The highest BCUT2D eigenvalue weighted by Crippen LogP contribution is 2.37. The van der Waals surface area contributed by atoms with E-state index in [1.165, 1.54) is 24.4 Å². The number of amides is 1. The molecule has 1 atom stereocenters. The molecule has 2 aromatic carbocycles. The van der Waals surface area contributed by atoms with Crippen molar-refractivity contribution >= 4 is 5.91 Å². The Labute approximate surface area is 216 Å². The van der Waals surface area contributed by atoms with Gasteiger partial charge in [-0.25, -0.2) is 0 Å². The molecule has 1 saturated heterocycles. The van der Waals surface area contributed by atoms with Crippen molar-refractivity contribution in [1.29, 1.82) is 0 Å². The first kappa shape index (κ1) is 26.2. The molecule has 4 rings (SSSR count). The van der Waals surface area contributed by atoms with Gasteiger partial charge in [0, 0.05) is 19.0 Å². The van der Waals surface area contributed by atoms with Crippen molar-refractivity contribution in [3.05, 3.63) is 75.3 Å². The Bertz CT molecular complexity index is 1330. The highest BCUT2D eigenvalue weighted by Gasteiger charge is 2.34. The molecule has 0 radical (unpaired) electrons. The van der Waals surface area contributed by atoms with E-state index in [2.05, 4.69) is 11.1 Å². The molecule has 1 aromatic heterocycles. The van der Waals surface area contributed by atoms with E-state index in [0.717, 1.165) is 12.0 Å².